The summed E-state index contributed by atoms with van der Waals surface area (Å²) in [5, 5.41) is 13.3. The van der Waals surface area contributed by atoms with Crippen molar-refractivity contribution < 1.29 is 9.32 Å². The van der Waals surface area contributed by atoms with Crippen LogP contribution in [-0.2, 0) is 0 Å². The maximum atomic E-state index is 12.6. The van der Waals surface area contributed by atoms with Gasteiger partial charge in [-0.05, 0) is 50.2 Å². The molecule has 2 heterocycles. The lowest BCUT2D eigenvalue weighted by Gasteiger charge is -2.11. The second-order valence-corrected chi connectivity index (χ2v) is 8.28. The molecule has 2 aromatic heterocycles. The van der Waals surface area contributed by atoms with Crippen LogP contribution < -0.4 is 16.0 Å². The third-order valence-corrected chi connectivity index (χ3v) is 5.38. The van der Waals surface area contributed by atoms with E-state index in [0.717, 1.165) is 16.9 Å². The van der Waals surface area contributed by atoms with Gasteiger partial charge in [0.1, 0.15) is 17.5 Å². The summed E-state index contributed by atoms with van der Waals surface area (Å²) < 4.78 is 5.32. The third-order valence-electron chi connectivity index (χ3n) is 5.38. The van der Waals surface area contributed by atoms with Crippen LogP contribution in [0, 0.1) is 13.8 Å². The van der Waals surface area contributed by atoms with E-state index in [1.165, 1.54) is 5.56 Å². The number of hydrogen-bond acceptors (Lipinski definition) is 7. The molecule has 0 radical (unpaired) electrons. The maximum Gasteiger partial charge on any atom is 0.277 e. The topological polar surface area (TPSA) is 105 Å². The summed E-state index contributed by atoms with van der Waals surface area (Å²) >= 11 is 0. The average molecular weight is 477 g/mol. The first-order chi connectivity index (χ1) is 17.5. The smallest absolute Gasteiger partial charge is 0.277 e. The highest BCUT2D eigenvalue weighted by molar-refractivity contribution is 6.03. The van der Waals surface area contributed by atoms with Crippen molar-refractivity contribution in [1.29, 1.82) is 0 Å². The zero-order valence-electron chi connectivity index (χ0n) is 19.8. The van der Waals surface area contributed by atoms with Gasteiger partial charge in [0.15, 0.2) is 11.5 Å². The zero-order valence-corrected chi connectivity index (χ0v) is 19.8. The number of nitrogens with zero attached hydrogens (tertiary/aromatic N) is 3. The van der Waals surface area contributed by atoms with Crippen LogP contribution in [0.15, 0.2) is 95.5 Å². The van der Waals surface area contributed by atoms with Gasteiger partial charge < -0.3 is 20.5 Å². The van der Waals surface area contributed by atoms with Crippen molar-refractivity contribution in [3.8, 4) is 11.3 Å². The minimum Gasteiger partial charge on any atom is -0.355 e. The van der Waals surface area contributed by atoms with E-state index in [0.29, 0.717) is 28.9 Å². The van der Waals surface area contributed by atoms with Crippen molar-refractivity contribution in [2.75, 3.05) is 16.0 Å². The molecule has 5 aromatic rings. The Morgan fingerprint density at radius 3 is 1.94 bits per heavy atom. The number of amides is 1. The fraction of sp³-hybridized carbons (Fsp3) is 0.0714. The van der Waals surface area contributed by atoms with Gasteiger partial charge in [-0.3, -0.25) is 4.79 Å². The normalized spacial score (nSPS) is 10.6. The van der Waals surface area contributed by atoms with E-state index in [4.69, 9.17) is 4.52 Å². The fourth-order valence-corrected chi connectivity index (χ4v) is 3.58. The Balaban J connectivity index is 1.23. The number of anilines is 5. The van der Waals surface area contributed by atoms with Crippen LogP contribution in [0.4, 0.5) is 28.7 Å². The predicted molar refractivity (Wildman–Crippen MR) is 141 cm³/mol. The first kappa shape index (κ1) is 22.8. The van der Waals surface area contributed by atoms with E-state index in [9.17, 15) is 4.79 Å². The Morgan fingerprint density at radius 1 is 0.722 bits per heavy atom. The lowest BCUT2D eigenvalue weighted by atomic mass is 10.1. The minimum absolute atomic E-state index is 0.209. The Hall–Kier alpha value is -4.98. The molecule has 178 valence electrons. The highest BCUT2D eigenvalue weighted by Crippen LogP contribution is 2.23. The van der Waals surface area contributed by atoms with E-state index < -0.39 is 0 Å². The maximum absolute atomic E-state index is 12.6. The molecule has 36 heavy (non-hydrogen) atoms. The lowest BCUT2D eigenvalue weighted by Crippen LogP contribution is -2.12. The van der Waals surface area contributed by atoms with Gasteiger partial charge in [-0.25, -0.2) is 9.97 Å². The molecule has 0 aliphatic rings. The summed E-state index contributed by atoms with van der Waals surface area (Å²) in [6.45, 7) is 3.89. The number of carbonyl (C=O) groups is 1. The molecule has 0 bridgehead atoms. The number of aryl methyl sites for hydroxylation is 2. The van der Waals surface area contributed by atoms with Crippen LogP contribution in [0.3, 0.4) is 0 Å². The first-order valence-electron chi connectivity index (χ1n) is 11.4. The second kappa shape index (κ2) is 10.1. The van der Waals surface area contributed by atoms with Crippen LogP contribution in [0.5, 0.6) is 0 Å². The van der Waals surface area contributed by atoms with Crippen molar-refractivity contribution in [2.45, 2.75) is 13.8 Å². The van der Waals surface area contributed by atoms with Crippen LogP contribution in [-0.4, -0.2) is 21.0 Å². The molecular formula is C28H24N6O2. The van der Waals surface area contributed by atoms with Crippen LogP contribution in [0.1, 0.15) is 21.9 Å². The molecule has 0 unspecified atom stereocenters. The molecule has 1 amide bonds. The summed E-state index contributed by atoms with van der Waals surface area (Å²) in [7, 11) is 0. The van der Waals surface area contributed by atoms with Crippen molar-refractivity contribution in [3.05, 3.63) is 108 Å². The Kier molecular flexibility index (Phi) is 6.40. The Morgan fingerprint density at radius 2 is 1.31 bits per heavy atom. The monoisotopic (exact) mass is 476 g/mol. The Labute approximate surface area is 208 Å². The van der Waals surface area contributed by atoms with Gasteiger partial charge in [0.05, 0.1) is 0 Å². The third kappa shape index (κ3) is 5.56. The summed E-state index contributed by atoms with van der Waals surface area (Å²) in [4.78, 5) is 21.5. The zero-order chi connectivity index (χ0) is 24.9. The average Bonchev–Trinajstić information content (AvgIpc) is 3.38. The standard InChI is InChI=1S/C28H24N6O2/c1-18-8-10-21(11-9-18)31-26-17-27(30-19(2)29-26)32-22-12-14-23(15-13-22)33-28(35)24-16-25(36-34-24)20-6-4-3-5-7-20/h3-17H,1-2H3,(H,33,35)(H2,29,30,31,32). The largest absolute Gasteiger partial charge is 0.355 e. The van der Waals surface area contributed by atoms with E-state index >= 15 is 0 Å². The molecule has 5 rings (SSSR count). The van der Waals surface area contributed by atoms with Crippen molar-refractivity contribution in [2.24, 2.45) is 0 Å². The highest BCUT2D eigenvalue weighted by atomic mass is 16.5. The number of rotatable bonds is 7. The van der Waals surface area contributed by atoms with Gasteiger partial charge in [-0.1, -0.05) is 53.2 Å². The fourth-order valence-electron chi connectivity index (χ4n) is 3.58. The van der Waals surface area contributed by atoms with Crippen LogP contribution in [0.25, 0.3) is 11.3 Å². The van der Waals surface area contributed by atoms with Crippen molar-refractivity contribution >= 4 is 34.6 Å². The number of benzene rings is 3. The molecule has 0 aliphatic heterocycles. The molecule has 0 saturated heterocycles. The SMILES string of the molecule is Cc1ccc(Nc2cc(Nc3ccc(NC(=O)c4cc(-c5ccccc5)on4)cc3)nc(C)n2)cc1. The molecule has 8 heteroatoms. The number of nitrogens with one attached hydrogen (secondary N) is 3. The minimum atomic E-state index is -0.347. The molecule has 0 spiro atoms. The van der Waals surface area contributed by atoms with E-state index in [2.05, 4.69) is 31.1 Å². The van der Waals surface area contributed by atoms with E-state index in [-0.39, 0.29) is 11.6 Å². The van der Waals surface area contributed by atoms with Gasteiger partial charge in [-0.15, -0.1) is 0 Å². The number of aromatic nitrogens is 3. The van der Waals surface area contributed by atoms with Crippen LogP contribution in [0.2, 0.25) is 0 Å². The molecule has 0 aliphatic carbocycles. The first-order valence-corrected chi connectivity index (χ1v) is 11.4. The molecule has 0 atom stereocenters. The molecule has 0 fully saturated rings. The predicted octanol–water partition coefficient (Wildman–Crippen LogP) is 6.49. The van der Waals surface area contributed by atoms with Gasteiger partial charge in [0, 0.05) is 34.8 Å². The quantitative estimate of drug-likeness (QED) is 0.247. The van der Waals surface area contributed by atoms with Crippen molar-refractivity contribution in [1.82, 2.24) is 15.1 Å². The number of hydrogen-bond donors (Lipinski definition) is 3. The Bertz CT molecular complexity index is 1480. The molecule has 3 N–H and O–H groups in total. The molecule has 0 saturated carbocycles. The second-order valence-electron chi connectivity index (χ2n) is 8.28. The summed E-state index contributed by atoms with van der Waals surface area (Å²) in [6.07, 6.45) is 0. The molecular weight excluding hydrogens is 452 g/mol. The molecule has 3 aromatic carbocycles. The highest BCUT2D eigenvalue weighted by Gasteiger charge is 2.14. The lowest BCUT2D eigenvalue weighted by molar-refractivity contribution is 0.101. The summed E-state index contributed by atoms with van der Waals surface area (Å²) in [6, 6.07) is 28.4. The van der Waals surface area contributed by atoms with Gasteiger partial charge in [-0.2, -0.15) is 0 Å². The van der Waals surface area contributed by atoms with Crippen molar-refractivity contribution in [3.63, 3.8) is 0 Å². The summed E-state index contributed by atoms with van der Waals surface area (Å²) in [5.74, 6) is 2.18. The van der Waals surface area contributed by atoms with Gasteiger partial charge in [0.25, 0.3) is 5.91 Å². The number of carbonyl (C=O) groups excluding carboxylic acids is 1. The van der Waals surface area contributed by atoms with Gasteiger partial charge >= 0.3 is 0 Å². The van der Waals surface area contributed by atoms with Crippen LogP contribution >= 0.6 is 0 Å². The summed E-state index contributed by atoms with van der Waals surface area (Å²) in [5.41, 5.74) is 4.67. The molecule has 8 nitrogen and oxygen atoms in total. The van der Waals surface area contributed by atoms with E-state index in [1.54, 1.807) is 18.2 Å². The van der Waals surface area contributed by atoms with E-state index in [1.807, 2.05) is 86.6 Å². The van der Waals surface area contributed by atoms with Gasteiger partial charge in [0.2, 0.25) is 0 Å².